The molecule has 2 rings (SSSR count). The van der Waals surface area contributed by atoms with Crippen LogP contribution in [0.4, 0.5) is 0 Å². The van der Waals surface area contributed by atoms with Crippen molar-refractivity contribution in [1.82, 2.24) is 4.90 Å². The van der Waals surface area contributed by atoms with Crippen LogP contribution in [0.25, 0.3) is 5.57 Å². The van der Waals surface area contributed by atoms with Gasteiger partial charge in [0.2, 0.25) is 0 Å². The number of carbonyl (C=O) groups is 2. The van der Waals surface area contributed by atoms with Gasteiger partial charge in [-0.05, 0) is 38.0 Å². The third kappa shape index (κ3) is 3.83. The van der Waals surface area contributed by atoms with E-state index in [0.29, 0.717) is 17.1 Å². The van der Waals surface area contributed by atoms with Crippen LogP contribution in [-0.2, 0) is 9.59 Å². The Labute approximate surface area is 148 Å². The van der Waals surface area contributed by atoms with E-state index in [2.05, 4.69) is 6.92 Å². The average Bonchev–Trinajstić information content (AvgIpc) is 2.76. The molecule has 0 saturated heterocycles. The summed E-state index contributed by atoms with van der Waals surface area (Å²) in [5.74, 6) is 0.382. The van der Waals surface area contributed by atoms with Crippen molar-refractivity contribution >= 4 is 29.1 Å². The van der Waals surface area contributed by atoms with Gasteiger partial charge in [-0.3, -0.25) is 14.5 Å². The van der Waals surface area contributed by atoms with Gasteiger partial charge >= 0.3 is 0 Å². The van der Waals surface area contributed by atoms with Crippen LogP contribution >= 0.6 is 11.8 Å². The van der Waals surface area contributed by atoms with E-state index in [9.17, 15) is 9.59 Å². The van der Waals surface area contributed by atoms with E-state index < -0.39 is 0 Å². The summed E-state index contributed by atoms with van der Waals surface area (Å²) in [6.45, 7) is 10.5. The molecule has 130 valence electrons. The predicted molar refractivity (Wildman–Crippen MR) is 98.9 cm³/mol. The van der Waals surface area contributed by atoms with Crippen molar-refractivity contribution in [1.29, 1.82) is 0 Å². The van der Waals surface area contributed by atoms with Gasteiger partial charge in [0.15, 0.2) is 0 Å². The van der Waals surface area contributed by atoms with E-state index in [-0.39, 0.29) is 23.1 Å². The quantitative estimate of drug-likeness (QED) is 0.697. The molecular weight excluding hydrogens is 322 g/mol. The van der Waals surface area contributed by atoms with Gasteiger partial charge in [-0.1, -0.05) is 32.9 Å². The Bertz CT molecular complexity index is 647. The molecule has 0 unspecified atom stereocenters. The summed E-state index contributed by atoms with van der Waals surface area (Å²) in [6, 6.07) is 7.26. The molecule has 1 heterocycles. The molecule has 1 aliphatic rings. The molecule has 0 aromatic heterocycles. The fourth-order valence-corrected chi connectivity index (χ4v) is 3.53. The summed E-state index contributed by atoms with van der Waals surface area (Å²) in [4.78, 5) is 27.4. The molecule has 0 bridgehead atoms. The number of hydrogen-bond donors (Lipinski definition) is 0. The van der Waals surface area contributed by atoms with Crippen LogP contribution in [-0.4, -0.2) is 34.6 Å². The minimum Gasteiger partial charge on any atom is -0.494 e. The molecule has 24 heavy (non-hydrogen) atoms. The SMILES string of the molecule is CCCOc1ccc(C2=C(SC(C)C)C(=O)N(C(C)C)C2=O)cc1. The smallest absolute Gasteiger partial charge is 0.268 e. The van der Waals surface area contributed by atoms with E-state index in [1.807, 2.05) is 52.0 Å². The second-order valence-electron chi connectivity index (χ2n) is 6.32. The summed E-state index contributed by atoms with van der Waals surface area (Å²) in [6.07, 6.45) is 0.943. The predicted octanol–water partition coefficient (Wildman–Crippen LogP) is 4.11. The van der Waals surface area contributed by atoms with E-state index in [4.69, 9.17) is 4.74 Å². The topological polar surface area (TPSA) is 46.6 Å². The van der Waals surface area contributed by atoms with Crippen LogP contribution in [0.5, 0.6) is 5.75 Å². The number of imide groups is 1. The Hall–Kier alpha value is -1.75. The Balaban J connectivity index is 2.40. The van der Waals surface area contributed by atoms with E-state index >= 15 is 0 Å². The molecule has 1 aromatic carbocycles. The van der Waals surface area contributed by atoms with Crippen molar-refractivity contribution < 1.29 is 14.3 Å². The number of nitrogens with zero attached hydrogens (tertiary/aromatic N) is 1. The average molecular weight is 347 g/mol. The zero-order valence-electron chi connectivity index (χ0n) is 15.0. The van der Waals surface area contributed by atoms with Gasteiger partial charge in [0.1, 0.15) is 5.75 Å². The minimum absolute atomic E-state index is 0.155. The first-order chi connectivity index (χ1) is 11.4. The molecule has 1 aliphatic heterocycles. The van der Waals surface area contributed by atoms with Crippen molar-refractivity contribution in [3.8, 4) is 5.75 Å². The van der Waals surface area contributed by atoms with E-state index in [1.165, 1.54) is 16.7 Å². The molecule has 4 nitrogen and oxygen atoms in total. The van der Waals surface area contributed by atoms with Crippen molar-refractivity contribution in [2.75, 3.05) is 6.61 Å². The second kappa shape index (κ2) is 7.88. The summed E-state index contributed by atoms with van der Waals surface area (Å²) in [5, 5.41) is 0.228. The summed E-state index contributed by atoms with van der Waals surface area (Å²) >= 11 is 1.45. The van der Waals surface area contributed by atoms with E-state index in [1.54, 1.807) is 0 Å². The first-order valence-electron chi connectivity index (χ1n) is 8.38. The molecule has 2 amide bonds. The molecule has 0 spiro atoms. The Morgan fingerprint density at radius 2 is 1.67 bits per heavy atom. The zero-order chi connectivity index (χ0) is 17.9. The number of benzene rings is 1. The Morgan fingerprint density at radius 1 is 1.04 bits per heavy atom. The molecule has 0 N–H and O–H groups in total. The summed E-state index contributed by atoms with van der Waals surface area (Å²) in [5.41, 5.74) is 1.28. The molecule has 0 atom stereocenters. The number of ether oxygens (including phenoxy) is 1. The second-order valence-corrected chi connectivity index (χ2v) is 7.90. The molecule has 1 aromatic rings. The maximum absolute atomic E-state index is 12.8. The molecule has 0 saturated carbocycles. The summed E-state index contributed by atoms with van der Waals surface area (Å²) in [7, 11) is 0. The van der Waals surface area contributed by atoms with Crippen LogP contribution in [0.1, 0.15) is 46.6 Å². The highest BCUT2D eigenvalue weighted by molar-refractivity contribution is 8.04. The standard InChI is InChI=1S/C19H25NO3S/c1-6-11-23-15-9-7-14(8-10-15)16-17(24-13(4)5)19(22)20(12(2)3)18(16)21/h7-10,12-13H,6,11H2,1-5H3. The van der Waals surface area contributed by atoms with Crippen LogP contribution < -0.4 is 4.74 Å². The number of carbonyl (C=O) groups excluding carboxylic acids is 2. The molecule has 0 aliphatic carbocycles. The number of thioether (sulfide) groups is 1. The highest BCUT2D eigenvalue weighted by atomic mass is 32.2. The Morgan fingerprint density at radius 3 is 2.17 bits per heavy atom. The van der Waals surface area contributed by atoms with Gasteiger partial charge in [-0.25, -0.2) is 0 Å². The minimum atomic E-state index is -0.208. The lowest BCUT2D eigenvalue weighted by Crippen LogP contribution is -2.37. The maximum atomic E-state index is 12.8. The van der Waals surface area contributed by atoms with Crippen LogP contribution in [0.15, 0.2) is 29.2 Å². The number of rotatable bonds is 7. The van der Waals surface area contributed by atoms with Crippen LogP contribution in [0.2, 0.25) is 0 Å². The van der Waals surface area contributed by atoms with Crippen molar-refractivity contribution in [3.05, 3.63) is 34.7 Å². The lowest BCUT2D eigenvalue weighted by atomic mass is 10.1. The molecule has 0 radical (unpaired) electrons. The van der Waals surface area contributed by atoms with E-state index in [0.717, 1.165) is 17.7 Å². The van der Waals surface area contributed by atoms with Crippen molar-refractivity contribution in [2.45, 2.75) is 52.3 Å². The first kappa shape index (κ1) is 18.6. The van der Waals surface area contributed by atoms with Gasteiger partial charge < -0.3 is 4.74 Å². The lowest BCUT2D eigenvalue weighted by Gasteiger charge is -2.19. The van der Waals surface area contributed by atoms with Gasteiger partial charge in [0.25, 0.3) is 11.8 Å². The molecule has 0 fully saturated rings. The van der Waals surface area contributed by atoms with Gasteiger partial charge in [0, 0.05) is 11.3 Å². The highest BCUT2D eigenvalue weighted by Crippen LogP contribution is 2.38. The van der Waals surface area contributed by atoms with Crippen LogP contribution in [0.3, 0.4) is 0 Å². The lowest BCUT2D eigenvalue weighted by molar-refractivity contribution is -0.138. The number of amides is 2. The molecule has 5 heteroatoms. The highest BCUT2D eigenvalue weighted by Gasteiger charge is 2.40. The molecular formula is C19H25NO3S. The van der Waals surface area contributed by atoms with Crippen molar-refractivity contribution in [2.24, 2.45) is 0 Å². The van der Waals surface area contributed by atoms with Crippen molar-refractivity contribution in [3.63, 3.8) is 0 Å². The third-order valence-corrected chi connectivity index (χ3v) is 4.64. The number of hydrogen-bond acceptors (Lipinski definition) is 4. The largest absolute Gasteiger partial charge is 0.494 e. The van der Waals surface area contributed by atoms with Gasteiger partial charge in [-0.15, -0.1) is 11.8 Å². The fourth-order valence-electron chi connectivity index (χ4n) is 2.53. The third-order valence-electron chi connectivity index (χ3n) is 3.56. The maximum Gasteiger partial charge on any atom is 0.268 e. The Kier molecular flexibility index (Phi) is 6.10. The fraction of sp³-hybridized carbons (Fsp3) is 0.474. The van der Waals surface area contributed by atoms with Gasteiger partial charge in [0.05, 0.1) is 17.1 Å². The van der Waals surface area contributed by atoms with Crippen LogP contribution in [0, 0.1) is 0 Å². The monoisotopic (exact) mass is 347 g/mol. The zero-order valence-corrected chi connectivity index (χ0v) is 15.8. The first-order valence-corrected chi connectivity index (χ1v) is 9.26. The normalized spacial score (nSPS) is 15.2. The van der Waals surface area contributed by atoms with Gasteiger partial charge in [-0.2, -0.15) is 0 Å². The summed E-state index contributed by atoms with van der Waals surface area (Å²) < 4.78 is 5.59.